The van der Waals surface area contributed by atoms with Gasteiger partial charge < -0.3 is 9.47 Å². The van der Waals surface area contributed by atoms with Crippen molar-refractivity contribution in [2.75, 3.05) is 46.5 Å². The van der Waals surface area contributed by atoms with Crippen molar-refractivity contribution in [1.82, 2.24) is 9.21 Å². The van der Waals surface area contributed by atoms with E-state index in [4.69, 9.17) is 9.47 Å². The Kier molecular flexibility index (Phi) is 7.81. The van der Waals surface area contributed by atoms with Gasteiger partial charge in [-0.25, -0.2) is 8.42 Å². The summed E-state index contributed by atoms with van der Waals surface area (Å²) in [7, 11) is -2.06. The maximum absolute atomic E-state index is 13.0. The smallest absolute Gasteiger partial charge is 0.416 e. The summed E-state index contributed by atoms with van der Waals surface area (Å²) in [5.74, 6) is 0.613. The van der Waals surface area contributed by atoms with Crippen LogP contribution in [0.4, 0.5) is 13.2 Å². The van der Waals surface area contributed by atoms with Crippen LogP contribution in [-0.4, -0.2) is 64.1 Å². The van der Waals surface area contributed by atoms with E-state index in [-0.39, 0.29) is 4.90 Å². The van der Waals surface area contributed by atoms with E-state index in [0.717, 1.165) is 23.3 Å². The highest BCUT2D eigenvalue weighted by atomic mass is 32.2. The fourth-order valence-corrected chi connectivity index (χ4v) is 5.02. The van der Waals surface area contributed by atoms with E-state index in [1.54, 1.807) is 32.2 Å². The summed E-state index contributed by atoms with van der Waals surface area (Å²) in [6, 6.07) is 9.86. The number of aryl methyl sites for hydroxylation is 1. The number of hydrogen-bond acceptors (Lipinski definition) is 5. The van der Waals surface area contributed by atoms with Crippen molar-refractivity contribution in [3.8, 4) is 5.75 Å². The number of halogens is 3. The van der Waals surface area contributed by atoms with Gasteiger partial charge in [-0.3, -0.25) is 4.90 Å². The Labute approximate surface area is 186 Å². The summed E-state index contributed by atoms with van der Waals surface area (Å²) in [6.07, 6.45) is -4.36. The van der Waals surface area contributed by atoms with Gasteiger partial charge in [-0.1, -0.05) is 12.1 Å². The molecule has 0 aliphatic carbocycles. The van der Waals surface area contributed by atoms with Crippen molar-refractivity contribution >= 4 is 10.0 Å². The number of benzene rings is 2. The average Bonchev–Trinajstić information content (AvgIpc) is 2.75. The van der Waals surface area contributed by atoms with Gasteiger partial charge in [-0.2, -0.15) is 17.5 Å². The first kappa shape index (κ1) is 24.5. The lowest BCUT2D eigenvalue weighted by atomic mass is 10.1. The molecule has 0 saturated carbocycles. The highest BCUT2D eigenvalue weighted by molar-refractivity contribution is 7.89. The van der Waals surface area contributed by atoms with Gasteiger partial charge in [-0.05, 0) is 48.4 Å². The number of rotatable bonds is 8. The van der Waals surface area contributed by atoms with Crippen molar-refractivity contribution in [3.05, 3.63) is 59.2 Å². The summed E-state index contributed by atoms with van der Waals surface area (Å²) in [6.45, 7) is 4.71. The van der Waals surface area contributed by atoms with Crippen molar-refractivity contribution in [1.29, 1.82) is 0 Å². The van der Waals surface area contributed by atoms with E-state index in [1.165, 1.54) is 16.4 Å². The number of piperazine rings is 1. The minimum atomic E-state index is -4.36. The molecule has 1 saturated heterocycles. The van der Waals surface area contributed by atoms with Crippen molar-refractivity contribution < 1.29 is 31.1 Å². The molecule has 0 unspecified atom stereocenters. The number of alkyl halides is 3. The molecule has 0 radical (unpaired) electrons. The summed E-state index contributed by atoms with van der Waals surface area (Å²) >= 11 is 0. The van der Waals surface area contributed by atoms with E-state index in [2.05, 4.69) is 0 Å². The number of ether oxygens (including phenoxy) is 2. The predicted molar refractivity (Wildman–Crippen MR) is 114 cm³/mol. The Balaban J connectivity index is 1.58. The monoisotopic (exact) mass is 472 g/mol. The van der Waals surface area contributed by atoms with Crippen LogP contribution in [0.2, 0.25) is 0 Å². The van der Waals surface area contributed by atoms with E-state index in [9.17, 15) is 21.6 Å². The fraction of sp³-hybridized carbons (Fsp3) is 0.455. The molecular weight excluding hydrogens is 445 g/mol. The largest absolute Gasteiger partial charge is 0.491 e. The molecule has 0 N–H and O–H groups in total. The fourth-order valence-electron chi connectivity index (χ4n) is 3.51. The normalized spacial score (nSPS) is 16.3. The summed E-state index contributed by atoms with van der Waals surface area (Å²) in [4.78, 5) is 2.25. The van der Waals surface area contributed by atoms with Gasteiger partial charge in [0.05, 0.1) is 17.1 Å². The third kappa shape index (κ3) is 6.00. The topological polar surface area (TPSA) is 59.1 Å². The van der Waals surface area contributed by atoms with Crippen LogP contribution in [0.3, 0.4) is 0 Å². The molecule has 2 aromatic carbocycles. The summed E-state index contributed by atoms with van der Waals surface area (Å²) in [5, 5.41) is 0. The molecule has 1 fully saturated rings. The third-order valence-corrected chi connectivity index (χ3v) is 7.24. The molecule has 3 rings (SSSR count). The second kappa shape index (κ2) is 10.2. The molecule has 0 spiro atoms. The van der Waals surface area contributed by atoms with Gasteiger partial charge in [0, 0.05) is 39.8 Å². The molecular formula is C22H27F3N2O4S. The zero-order valence-electron chi connectivity index (χ0n) is 18.1. The van der Waals surface area contributed by atoms with Crippen LogP contribution in [0.25, 0.3) is 0 Å². The lowest BCUT2D eigenvalue weighted by molar-refractivity contribution is -0.137. The second-order valence-electron chi connectivity index (χ2n) is 7.64. The highest BCUT2D eigenvalue weighted by Gasteiger charge is 2.31. The molecule has 0 bridgehead atoms. The maximum atomic E-state index is 13.0. The van der Waals surface area contributed by atoms with Crippen LogP contribution >= 0.6 is 0 Å². The van der Waals surface area contributed by atoms with Gasteiger partial charge in [-0.15, -0.1) is 0 Å². The molecule has 6 nitrogen and oxygen atoms in total. The van der Waals surface area contributed by atoms with Crippen LogP contribution in [-0.2, 0) is 27.5 Å². The zero-order valence-corrected chi connectivity index (χ0v) is 18.9. The van der Waals surface area contributed by atoms with Crippen LogP contribution in [0, 0.1) is 6.92 Å². The van der Waals surface area contributed by atoms with E-state index in [1.807, 2.05) is 4.90 Å². The Morgan fingerprint density at radius 1 is 0.969 bits per heavy atom. The van der Waals surface area contributed by atoms with Gasteiger partial charge >= 0.3 is 6.18 Å². The molecule has 32 heavy (non-hydrogen) atoms. The standard InChI is InChI=1S/C22H27F3N2O4S/c1-17-15-20(7-8-21(17)31-14-13-30-2)32(28,29)27-11-9-26(10-12-27)16-18-3-5-19(6-4-18)22(23,24)25/h3-8,15H,9-14,16H2,1-2H3. The molecule has 1 aliphatic rings. The summed E-state index contributed by atoms with van der Waals surface area (Å²) < 4.78 is 76.2. The van der Waals surface area contributed by atoms with Gasteiger partial charge in [0.1, 0.15) is 12.4 Å². The molecule has 1 heterocycles. The molecule has 2 aromatic rings. The maximum Gasteiger partial charge on any atom is 0.416 e. The van der Waals surface area contributed by atoms with E-state index in [0.29, 0.717) is 51.7 Å². The van der Waals surface area contributed by atoms with E-state index >= 15 is 0 Å². The minimum absolute atomic E-state index is 0.213. The summed E-state index contributed by atoms with van der Waals surface area (Å²) in [5.41, 5.74) is 0.805. The quantitative estimate of drug-likeness (QED) is 0.550. The molecule has 10 heteroatoms. The van der Waals surface area contributed by atoms with Crippen molar-refractivity contribution in [3.63, 3.8) is 0 Å². The molecule has 0 atom stereocenters. The molecule has 0 aromatic heterocycles. The van der Waals surface area contributed by atoms with E-state index < -0.39 is 21.8 Å². The minimum Gasteiger partial charge on any atom is -0.491 e. The number of nitrogens with zero attached hydrogens (tertiary/aromatic N) is 2. The highest BCUT2D eigenvalue weighted by Crippen LogP contribution is 2.29. The van der Waals surface area contributed by atoms with Crippen LogP contribution in [0.5, 0.6) is 5.75 Å². The zero-order chi connectivity index (χ0) is 23.4. The second-order valence-corrected chi connectivity index (χ2v) is 9.58. The van der Waals surface area contributed by atoms with Crippen LogP contribution < -0.4 is 4.74 Å². The number of hydrogen-bond donors (Lipinski definition) is 0. The SMILES string of the molecule is COCCOc1ccc(S(=O)(=O)N2CCN(Cc3ccc(C(F)(F)F)cc3)CC2)cc1C. The lowest BCUT2D eigenvalue weighted by Gasteiger charge is -2.34. The number of sulfonamides is 1. The first-order chi connectivity index (χ1) is 15.1. The molecule has 0 amide bonds. The lowest BCUT2D eigenvalue weighted by Crippen LogP contribution is -2.48. The Morgan fingerprint density at radius 3 is 2.19 bits per heavy atom. The first-order valence-corrected chi connectivity index (χ1v) is 11.7. The van der Waals surface area contributed by atoms with Crippen LogP contribution in [0.15, 0.2) is 47.4 Å². The predicted octanol–water partition coefficient (Wildman–Crippen LogP) is 3.55. The third-order valence-electron chi connectivity index (χ3n) is 5.35. The van der Waals surface area contributed by atoms with Crippen molar-refractivity contribution in [2.45, 2.75) is 24.5 Å². The first-order valence-electron chi connectivity index (χ1n) is 10.2. The van der Waals surface area contributed by atoms with Crippen LogP contribution in [0.1, 0.15) is 16.7 Å². The van der Waals surface area contributed by atoms with Gasteiger partial charge in [0.2, 0.25) is 10.0 Å². The Hall–Kier alpha value is -2.14. The Morgan fingerprint density at radius 2 is 1.62 bits per heavy atom. The van der Waals surface area contributed by atoms with Crippen molar-refractivity contribution in [2.24, 2.45) is 0 Å². The number of methoxy groups -OCH3 is 1. The van der Waals surface area contributed by atoms with Gasteiger partial charge in [0.15, 0.2) is 0 Å². The molecule has 1 aliphatic heterocycles. The Bertz CT molecular complexity index is 1000. The van der Waals surface area contributed by atoms with Gasteiger partial charge in [0.25, 0.3) is 0 Å². The average molecular weight is 473 g/mol. The molecule has 176 valence electrons.